The van der Waals surface area contributed by atoms with Crippen LogP contribution < -0.4 is 5.73 Å². The number of anilines is 1. The molecule has 0 bridgehead atoms. The third kappa shape index (κ3) is 2.98. The standard InChI is InChI=1S/C20H16N4O.CH4/c1-2-5-13-8-9-17-16(10-13)18(23-20(21)22-17)19(25)24-11-14-6-3-4-7-15(14)12-24;/h3-4,6-10H,11-12H2,1H3,(H2,21,22,23);1H4. The molecule has 0 aliphatic carbocycles. The summed E-state index contributed by atoms with van der Waals surface area (Å²) >= 11 is 0. The Bertz CT molecular complexity index is 1040. The molecule has 0 saturated carbocycles. The molecule has 1 aliphatic rings. The fourth-order valence-corrected chi connectivity index (χ4v) is 3.16. The van der Waals surface area contributed by atoms with Crippen LogP contribution in [0.15, 0.2) is 42.5 Å². The number of amides is 1. The molecule has 2 N–H and O–H groups in total. The first-order valence-electron chi connectivity index (χ1n) is 8.02. The SMILES string of the molecule is C.CC#Cc1ccc2nc(N)nc(C(=O)N3Cc4ccccc4C3)c2c1. The summed E-state index contributed by atoms with van der Waals surface area (Å²) in [6.07, 6.45) is 0. The normalized spacial score (nSPS) is 12.1. The number of fused-ring (bicyclic) bond motifs is 2. The van der Waals surface area contributed by atoms with Crippen molar-refractivity contribution in [3.05, 3.63) is 64.8 Å². The van der Waals surface area contributed by atoms with Crippen molar-refractivity contribution in [2.45, 2.75) is 27.4 Å². The first-order valence-corrected chi connectivity index (χ1v) is 8.02. The lowest BCUT2D eigenvalue weighted by molar-refractivity contribution is 0.0747. The van der Waals surface area contributed by atoms with Crippen molar-refractivity contribution < 1.29 is 4.79 Å². The number of benzene rings is 2. The fraction of sp³-hybridized carbons (Fsp3) is 0.190. The van der Waals surface area contributed by atoms with Crippen LogP contribution in [0.5, 0.6) is 0 Å². The van der Waals surface area contributed by atoms with E-state index in [2.05, 4.69) is 21.8 Å². The van der Waals surface area contributed by atoms with Crippen molar-refractivity contribution in [2.24, 2.45) is 0 Å². The van der Waals surface area contributed by atoms with Gasteiger partial charge >= 0.3 is 0 Å². The highest BCUT2D eigenvalue weighted by molar-refractivity contribution is 6.05. The summed E-state index contributed by atoms with van der Waals surface area (Å²) in [7, 11) is 0. The molecule has 5 heteroatoms. The lowest BCUT2D eigenvalue weighted by atomic mass is 10.1. The van der Waals surface area contributed by atoms with Gasteiger partial charge in [-0.15, -0.1) is 5.92 Å². The highest BCUT2D eigenvalue weighted by Crippen LogP contribution is 2.26. The molecule has 5 nitrogen and oxygen atoms in total. The zero-order valence-electron chi connectivity index (χ0n) is 13.8. The predicted octanol–water partition coefficient (Wildman–Crippen LogP) is 3.38. The summed E-state index contributed by atoms with van der Waals surface area (Å²) in [5, 5.41) is 0.676. The number of rotatable bonds is 1. The minimum atomic E-state index is -0.142. The van der Waals surface area contributed by atoms with Crippen LogP contribution in [-0.4, -0.2) is 20.8 Å². The maximum Gasteiger partial charge on any atom is 0.273 e. The molecule has 1 aliphatic heterocycles. The average molecular weight is 344 g/mol. The van der Waals surface area contributed by atoms with Crippen LogP contribution in [0.2, 0.25) is 0 Å². The van der Waals surface area contributed by atoms with Crippen molar-refractivity contribution in [3.63, 3.8) is 0 Å². The van der Waals surface area contributed by atoms with Gasteiger partial charge in [0.05, 0.1) is 5.52 Å². The second-order valence-electron chi connectivity index (χ2n) is 5.97. The van der Waals surface area contributed by atoms with Crippen LogP contribution in [0, 0.1) is 11.8 Å². The molecular formula is C21H20N4O. The summed E-state index contributed by atoms with van der Waals surface area (Å²) in [6.45, 7) is 2.93. The Hall–Kier alpha value is -3.39. The highest BCUT2D eigenvalue weighted by Gasteiger charge is 2.26. The first kappa shape index (κ1) is 17.4. The molecule has 130 valence electrons. The Morgan fingerprint density at radius 3 is 2.46 bits per heavy atom. The molecule has 4 rings (SSSR count). The van der Waals surface area contributed by atoms with E-state index in [-0.39, 0.29) is 19.3 Å². The highest BCUT2D eigenvalue weighted by atomic mass is 16.2. The monoisotopic (exact) mass is 344 g/mol. The number of hydrogen-bond donors (Lipinski definition) is 1. The van der Waals surface area contributed by atoms with E-state index in [0.717, 1.165) is 5.56 Å². The minimum absolute atomic E-state index is 0. The lowest BCUT2D eigenvalue weighted by Gasteiger charge is -2.16. The van der Waals surface area contributed by atoms with Gasteiger partial charge in [0.25, 0.3) is 5.91 Å². The third-order valence-electron chi connectivity index (χ3n) is 4.31. The summed E-state index contributed by atoms with van der Waals surface area (Å²) in [6, 6.07) is 13.6. The predicted molar refractivity (Wildman–Crippen MR) is 103 cm³/mol. The van der Waals surface area contributed by atoms with Gasteiger partial charge in [-0.2, -0.15) is 0 Å². The van der Waals surface area contributed by atoms with Gasteiger partial charge in [0, 0.05) is 24.0 Å². The maximum absolute atomic E-state index is 13.1. The number of nitrogens with two attached hydrogens (primary N) is 1. The zero-order chi connectivity index (χ0) is 17.4. The number of nitrogen functional groups attached to an aromatic ring is 1. The summed E-state index contributed by atoms with van der Waals surface area (Å²) < 4.78 is 0. The maximum atomic E-state index is 13.1. The summed E-state index contributed by atoms with van der Waals surface area (Å²) in [5.74, 6) is 5.82. The molecule has 0 atom stereocenters. The van der Waals surface area contributed by atoms with Crippen molar-refractivity contribution >= 4 is 22.8 Å². The van der Waals surface area contributed by atoms with Crippen LogP contribution in [0.4, 0.5) is 5.95 Å². The van der Waals surface area contributed by atoms with E-state index in [0.29, 0.717) is 29.7 Å². The smallest absolute Gasteiger partial charge is 0.273 e. The Balaban J connectivity index is 0.00000196. The van der Waals surface area contributed by atoms with Gasteiger partial charge in [-0.25, -0.2) is 9.97 Å². The van der Waals surface area contributed by atoms with Crippen molar-refractivity contribution in [2.75, 3.05) is 5.73 Å². The molecule has 0 saturated heterocycles. The van der Waals surface area contributed by atoms with Crippen molar-refractivity contribution in [1.82, 2.24) is 14.9 Å². The zero-order valence-corrected chi connectivity index (χ0v) is 13.8. The van der Waals surface area contributed by atoms with Crippen LogP contribution in [0.1, 0.15) is 41.5 Å². The van der Waals surface area contributed by atoms with E-state index < -0.39 is 0 Å². The van der Waals surface area contributed by atoms with Crippen LogP contribution in [0.3, 0.4) is 0 Å². The molecule has 0 radical (unpaired) electrons. The number of carbonyl (C=O) groups is 1. The van der Waals surface area contributed by atoms with Gasteiger partial charge in [0.15, 0.2) is 0 Å². The molecular weight excluding hydrogens is 324 g/mol. The van der Waals surface area contributed by atoms with Crippen LogP contribution in [-0.2, 0) is 13.1 Å². The molecule has 0 fully saturated rings. The largest absolute Gasteiger partial charge is 0.368 e. The van der Waals surface area contributed by atoms with Crippen LogP contribution in [0.25, 0.3) is 10.9 Å². The first-order chi connectivity index (χ1) is 12.2. The average Bonchev–Trinajstić information content (AvgIpc) is 3.05. The number of nitrogens with zero attached hydrogens (tertiary/aromatic N) is 3. The third-order valence-corrected chi connectivity index (χ3v) is 4.31. The summed E-state index contributed by atoms with van der Waals surface area (Å²) in [5.41, 5.74) is 9.95. The van der Waals surface area contributed by atoms with Gasteiger partial charge < -0.3 is 10.6 Å². The quantitative estimate of drug-likeness (QED) is 0.687. The van der Waals surface area contributed by atoms with E-state index in [1.54, 1.807) is 11.8 Å². The molecule has 1 amide bonds. The van der Waals surface area contributed by atoms with Gasteiger partial charge in [-0.05, 0) is 36.2 Å². The fourth-order valence-electron chi connectivity index (χ4n) is 3.16. The minimum Gasteiger partial charge on any atom is -0.368 e. The topological polar surface area (TPSA) is 72.1 Å². The Labute approximate surface area is 152 Å². The Kier molecular flexibility index (Phi) is 4.59. The molecule has 0 unspecified atom stereocenters. The molecule has 1 aromatic heterocycles. The molecule has 2 heterocycles. The second kappa shape index (κ2) is 6.85. The van der Waals surface area contributed by atoms with E-state index in [4.69, 9.17) is 5.73 Å². The van der Waals surface area contributed by atoms with Gasteiger partial charge in [0.2, 0.25) is 5.95 Å². The second-order valence-corrected chi connectivity index (χ2v) is 5.97. The lowest BCUT2D eigenvalue weighted by Crippen LogP contribution is -2.27. The number of aromatic nitrogens is 2. The Morgan fingerprint density at radius 1 is 1.12 bits per heavy atom. The molecule has 3 aromatic rings. The number of hydrogen-bond acceptors (Lipinski definition) is 4. The van der Waals surface area contributed by atoms with E-state index >= 15 is 0 Å². The van der Waals surface area contributed by atoms with E-state index in [1.165, 1.54) is 11.1 Å². The van der Waals surface area contributed by atoms with Crippen LogP contribution >= 0.6 is 0 Å². The van der Waals surface area contributed by atoms with Gasteiger partial charge in [0.1, 0.15) is 5.69 Å². The summed E-state index contributed by atoms with van der Waals surface area (Å²) in [4.78, 5) is 23.3. The molecule has 0 spiro atoms. The molecule has 2 aromatic carbocycles. The van der Waals surface area contributed by atoms with Crippen molar-refractivity contribution in [3.8, 4) is 11.8 Å². The van der Waals surface area contributed by atoms with Gasteiger partial charge in [-0.1, -0.05) is 37.6 Å². The number of carbonyl (C=O) groups excluding carboxylic acids is 1. The van der Waals surface area contributed by atoms with Gasteiger partial charge in [-0.3, -0.25) is 4.79 Å². The Morgan fingerprint density at radius 2 is 1.81 bits per heavy atom. The van der Waals surface area contributed by atoms with E-state index in [9.17, 15) is 4.79 Å². The van der Waals surface area contributed by atoms with Crippen molar-refractivity contribution in [1.29, 1.82) is 0 Å². The molecule has 26 heavy (non-hydrogen) atoms. The van der Waals surface area contributed by atoms with E-state index in [1.807, 2.05) is 42.5 Å².